The maximum atomic E-state index is 14.1. The first-order valence-corrected chi connectivity index (χ1v) is 10.2. The van der Waals surface area contributed by atoms with Crippen molar-refractivity contribution in [1.29, 1.82) is 0 Å². The Morgan fingerprint density at radius 1 is 1.09 bits per heavy atom. The molecule has 3 aromatic rings. The summed E-state index contributed by atoms with van der Waals surface area (Å²) in [6.45, 7) is 2.45. The maximum absolute atomic E-state index is 14.1. The van der Waals surface area contributed by atoms with E-state index in [9.17, 15) is 22.8 Å². The molecule has 1 aliphatic rings. The number of nitrogens with zero attached hydrogens (tertiary/aromatic N) is 2. The fourth-order valence-corrected chi connectivity index (χ4v) is 3.53. The maximum Gasteiger partial charge on any atom is 0.326 e. The van der Waals surface area contributed by atoms with E-state index in [2.05, 4.69) is 10.3 Å². The molecule has 1 N–H and O–H groups in total. The zero-order valence-electron chi connectivity index (χ0n) is 17.9. The number of aromatic nitrogens is 1. The lowest BCUT2D eigenvalue weighted by Gasteiger charge is -2.19. The highest BCUT2D eigenvalue weighted by Crippen LogP contribution is 2.34. The van der Waals surface area contributed by atoms with Crippen LogP contribution in [0.25, 0.3) is 0 Å². The average molecular weight is 455 g/mol. The summed E-state index contributed by atoms with van der Waals surface area (Å²) in [6, 6.07) is 10.5. The molecule has 0 unspecified atom stereocenters. The number of fused-ring (bicyclic) bond motifs is 1. The van der Waals surface area contributed by atoms with Crippen molar-refractivity contribution in [2.45, 2.75) is 26.2 Å². The Hall–Kier alpha value is -3.88. The molecule has 1 aromatic heterocycles. The molecule has 2 aromatic carbocycles. The number of urea groups is 1. The first-order chi connectivity index (χ1) is 15.6. The zero-order chi connectivity index (χ0) is 23.8. The number of rotatable bonds is 5. The Kier molecular flexibility index (Phi) is 5.80. The van der Waals surface area contributed by atoms with Gasteiger partial charge in [0.2, 0.25) is 0 Å². The van der Waals surface area contributed by atoms with Crippen LogP contribution in [0.3, 0.4) is 0 Å². The molecule has 6 nitrogen and oxygen atoms in total. The van der Waals surface area contributed by atoms with E-state index in [0.717, 1.165) is 23.8 Å². The number of amides is 2. The normalized spacial score (nSPS) is 12.9. The van der Waals surface area contributed by atoms with Crippen LogP contribution in [-0.2, 0) is 12.3 Å². The van der Waals surface area contributed by atoms with Gasteiger partial charge in [0.15, 0.2) is 5.78 Å². The topological polar surface area (TPSA) is 71.5 Å². The Balaban J connectivity index is 1.51. The molecule has 1 aliphatic heterocycles. The van der Waals surface area contributed by atoms with E-state index < -0.39 is 23.3 Å². The summed E-state index contributed by atoms with van der Waals surface area (Å²) in [5.74, 6) is -3.18. The molecule has 0 atom stereocenters. The predicted octanol–water partition coefficient (Wildman–Crippen LogP) is 5.92. The summed E-state index contributed by atoms with van der Waals surface area (Å²) in [5.41, 5.74) is 1.01. The van der Waals surface area contributed by atoms with Gasteiger partial charge < -0.3 is 10.1 Å². The number of nitrogens with one attached hydrogen (secondary N) is 1. The second kappa shape index (κ2) is 8.57. The van der Waals surface area contributed by atoms with Gasteiger partial charge in [-0.25, -0.2) is 18.0 Å². The number of pyridine rings is 1. The van der Waals surface area contributed by atoms with Crippen LogP contribution >= 0.6 is 0 Å². The van der Waals surface area contributed by atoms with Crippen molar-refractivity contribution in [1.82, 2.24) is 4.98 Å². The van der Waals surface area contributed by atoms with Crippen LogP contribution in [-0.4, -0.2) is 23.3 Å². The molecule has 4 rings (SSSR count). The second-order valence-electron chi connectivity index (χ2n) is 7.74. The molecule has 0 fully saturated rings. The quantitative estimate of drug-likeness (QED) is 0.485. The lowest BCUT2D eigenvalue weighted by atomic mass is 10.1. The van der Waals surface area contributed by atoms with Gasteiger partial charge in [0.25, 0.3) is 5.92 Å². The third-order valence-electron chi connectivity index (χ3n) is 5.23. The van der Waals surface area contributed by atoms with Gasteiger partial charge in [-0.1, -0.05) is 6.07 Å². The van der Waals surface area contributed by atoms with Crippen LogP contribution in [0.5, 0.6) is 11.5 Å². The van der Waals surface area contributed by atoms with Crippen molar-refractivity contribution in [2.75, 3.05) is 16.8 Å². The van der Waals surface area contributed by atoms with Crippen molar-refractivity contribution in [3.05, 3.63) is 77.4 Å². The molecule has 0 spiro atoms. The smallest absolute Gasteiger partial charge is 0.326 e. The van der Waals surface area contributed by atoms with Gasteiger partial charge in [-0.05, 0) is 48.4 Å². The molecule has 9 heteroatoms. The number of ether oxygens (including phenoxy) is 1. The number of hydrogen-bond donors (Lipinski definition) is 1. The van der Waals surface area contributed by atoms with Gasteiger partial charge in [0, 0.05) is 43.9 Å². The number of Topliss-reactive ketones (excluding diaryl/α,β-unsaturated/α-hetero) is 1. The van der Waals surface area contributed by atoms with Crippen molar-refractivity contribution >= 4 is 23.2 Å². The minimum absolute atomic E-state index is 0.180. The summed E-state index contributed by atoms with van der Waals surface area (Å²) in [7, 11) is 0. The molecule has 0 saturated heterocycles. The monoisotopic (exact) mass is 455 g/mol. The fraction of sp³-hybridized carbons (Fsp3) is 0.208. The SMILES string of the molecule is CC(=O)c1cc(Oc2ccc3c(c2)CCN3C(=O)Nc2cc(C(C)(F)F)ccc2F)ccn1. The molecule has 33 heavy (non-hydrogen) atoms. The first-order valence-electron chi connectivity index (χ1n) is 10.2. The number of benzene rings is 2. The van der Waals surface area contributed by atoms with Crippen LogP contribution in [0, 0.1) is 5.82 Å². The van der Waals surface area contributed by atoms with Gasteiger partial charge in [-0.3, -0.25) is 14.7 Å². The number of anilines is 2. The van der Waals surface area contributed by atoms with Crippen LogP contribution in [0.4, 0.5) is 29.3 Å². The Morgan fingerprint density at radius 2 is 1.85 bits per heavy atom. The number of carbonyl (C=O) groups excluding carboxylic acids is 2. The van der Waals surface area contributed by atoms with E-state index in [-0.39, 0.29) is 17.2 Å². The van der Waals surface area contributed by atoms with Crippen molar-refractivity contribution < 1.29 is 27.5 Å². The molecule has 0 bridgehead atoms. The Labute approximate surface area is 188 Å². The van der Waals surface area contributed by atoms with E-state index in [4.69, 9.17) is 4.74 Å². The lowest BCUT2D eigenvalue weighted by molar-refractivity contribution is 0.0174. The van der Waals surface area contributed by atoms with Crippen LogP contribution in [0.1, 0.15) is 35.5 Å². The van der Waals surface area contributed by atoms with Gasteiger partial charge in [-0.2, -0.15) is 0 Å². The number of alkyl halides is 2. The largest absolute Gasteiger partial charge is 0.457 e. The molecule has 0 aliphatic carbocycles. The molecule has 0 saturated carbocycles. The summed E-state index contributed by atoms with van der Waals surface area (Å²) >= 11 is 0. The van der Waals surface area contributed by atoms with Crippen LogP contribution in [0.2, 0.25) is 0 Å². The summed E-state index contributed by atoms with van der Waals surface area (Å²) in [4.78, 5) is 29.6. The molecule has 170 valence electrons. The molecule has 2 heterocycles. The summed E-state index contributed by atoms with van der Waals surface area (Å²) in [5, 5.41) is 2.39. The number of carbonyl (C=O) groups is 2. The molecule has 2 amide bonds. The van der Waals surface area contributed by atoms with E-state index in [0.29, 0.717) is 37.1 Å². The minimum Gasteiger partial charge on any atom is -0.457 e. The zero-order valence-corrected chi connectivity index (χ0v) is 17.9. The third kappa shape index (κ3) is 4.82. The van der Waals surface area contributed by atoms with Crippen molar-refractivity contribution in [3.63, 3.8) is 0 Å². The predicted molar refractivity (Wildman–Crippen MR) is 117 cm³/mol. The van der Waals surface area contributed by atoms with Crippen molar-refractivity contribution in [2.24, 2.45) is 0 Å². The highest BCUT2D eigenvalue weighted by atomic mass is 19.3. The number of halogens is 3. The van der Waals surface area contributed by atoms with E-state index in [1.807, 2.05) is 0 Å². The Bertz CT molecular complexity index is 1240. The highest BCUT2D eigenvalue weighted by Gasteiger charge is 2.28. The van der Waals surface area contributed by atoms with Gasteiger partial charge in [0.05, 0.1) is 5.69 Å². The Morgan fingerprint density at radius 3 is 2.58 bits per heavy atom. The number of ketones is 1. The van der Waals surface area contributed by atoms with Gasteiger partial charge in [-0.15, -0.1) is 0 Å². The molecular formula is C24H20F3N3O3. The first kappa shape index (κ1) is 22.3. The minimum atomic E-state index is -3.16. The van der Waals surface area contributed by atoms with Crippen LogP contribution in [0.15, 0.2) is 54.7 Å². The van der Waals surface area contributed by atoms with Crippen molar-refractivity contribution in [3.8, 4) is 11.5 Å². The summed E-state index contributed by atoms with van der Waals surface area (Å²) < 4.78 is 47.1. The molecular weight excluding hydrogens is 435 g/mol. The average Bonchev–Trinajstić information content (AvgIpc) is 3.18. The van der Waals surface area contributed by atoms with E-state index >= 15 is 0 Å². The van der Waals surface area contributed by atoms with Gasteiger partial charge >= 0.3 is 6.03 Å². The van der Waals surface area contributed by atoms with Crippen LogP contribution < -0.4 is 15.0 Å². The van der Waals surface area contributed by atoms with Gasteiger partial charge in [0.1, 0.15) is 23.0 Å². The summed E-state index contributed by atoms with van der Waals surface area (Å²) in [6.07, 6.45) is 2.01. The van der Waals surface area contributed by atoms with E-state index in [1.54, 1.807) is 24.3 Å². The molecule has 0 radical (unpaired) electrons. The number of hydrogen-bond acceptors (Lipinski definition) is 4. The third-order valence-corrected chi connectivity index (χ3v) is 5.23. The fourth-order valence-electron chi connectivity index (χ4n) is 3.53. The second-order valence-corrected chi connectivity index (χ2v) is 7.74. The van der Waals surface area contributed by atoms with E-state index in [1.165, 1.54) is 24.1 Å². The lowest BCUT2D eigenvalue weighted by Crippen LogP contribution is -2.33. The standard InChI is InChI=1S/C24H20F3N3O3/c1-14(31)20-13-18(7-9-28-20)33-17-4-6-22-15(11-17)8-10-30(22)23(32)29-21-12-16(24(2,26)27)3-5-19(21)25/h3-7,9,11-13H,8,10H2,1-2H3,(H,29,32). The highest BCUT2D eigenvalue weighted by molar-refractivity contribution is 6.03.